The lowest BCUT2D eigenvalue weighted by Gasteiger charge is -2.12. The fourth-order valence-corrected chi connectivity index (χ4v) is 2.90. The first-order valence-corrected chi connectivity index (χ1v) is 8.04. The molecule has 4 rings (SSSR count). The summed E-state index contributed by atoms with van der Waals surface area (Å²) in [6.07, 6.45) is 0. The molecule has 0 bridgehead atoms. The molecule has 0 aliphatic heterocycles. The van der Waals surface area contributed by atoms with Crippen molar-refractivity contribution in [2.24, 2.45) is 0 Å². The van der Waals surface area contributed by atoms with E-state index in [1.807, 2.05) is 13.0 Å². The highest BCUT2D eigenvalue weighted by atomic mass is 16.5. The largest absolute Gasteiger partial charge is 0.471 e. The Balaban J connectivity index is 1.70. The van der Waals surface area contributed by atoms with Gasteiger partial charge in [0.15, 0.2) is 6.73 Å². The molecule has 0 aliphatic carbocycles. The highest BCUT2D eigenvalue weighted by molar-refractivity contribution is 5.84. The van der Waals surface area contributed by atoms with E-state index >= 15 is 0 Å². The van der Waals surface area contributed by atoms with Crippen molar-refractivity contribution in [2.45, 2.75) is 20.6 Å². The molecule has 0 unspecified atom stereocenters. The summed E-state index contributed by atoms with van der Waals surface area (Å²) in [7, 11) is 0. The SMILES string of the molecule is Cc1cc(=O)oc2c(C)c(OCn3nnc4ccccc4c3=O)ccc12. The third kappa shape index (κ3) is 2.63. The Labute approximate surface area is 147 Å². The van der Waals surface area contributed by atoms with E-state index in [1.165, 1.54) is 6.07 Å². The maximum absolute atomic E-state index is 12.5. The first-order chi connectivity index (χ1) is 12.5. The van der Waals surface area contributed by atoms with Crippen molar-refractivity contribution < 1.29 is 9.15 Å². The molecular formula is C19H15N3O4. The number of aryl methyl sites for hydroxylation is 2. The molecule has 0 spiro atoms. The molecule has 130 valence electrons. The van der Waals surface area contributed by atoms with E-state index < -0.39 is 5.63 Å². The molecule has 0 aliphatic rings. The first-order valence-electron chi connectivity index (χ1n) is 8.04. The van der Waals surface area contributed by atoms with E-state index in [1.54, 1.807) is 37.3 Å². The van der Waals surface area contributed by atoms with Gasteiger partial charge in [0.2, 0.25) is 0 Å². The van der Waals surface area contributed by atoms with E-state index in [9.17, 15) is 9.59 Å². The second-order valence-corrected chi connectivity index (χ2v) is 6.00. The molecule has 2 aromatic heterocycles. The number of benzene rings is 2. The number of nitrogens with zero attached hydrogens (tertiary/aromatic N) is 3. The van der Waals surface area contributed by atoms with Crippen LogP contribution < -0.4 is 15.9 Å². The minimum atomic E-state index is -0.410. The quantitative estimate of drug-likeness (QED) is 0.528. The third-order valence-electron chi connectivity index (χ3n) is 4.29. The molecule has 2 aromatic carbocycles. The van der Waals surface area contributed by atoms with Crippen LogP contribution in [0.25, 0.3) is 21.9 Å². The van der Waals surface area contributed by atoms with Gasteiger partial charge in [0, 0.05) is 17.0 Å². The van der Waals surface area contributed by atoms with E-state index in [-0.39, 0.29) is 12.3 Å². The lowest BCUT2D eigenvalue weighted by molar-refractivity contribution is 0.209. The van der Waals surface area contributed by atoms with Crippen molar-refractivity contribution in [3.05, 3.63) is 74.4 Å². The molecule has 0 amide bonds. The predicted molar refractivity (Wildman–Crippen MR) is 96.4 cm³/mol. The number of hydrogen-bond acceptors (Lipinski definition) is 6. The lowest BCUT2D eigenvalue weighted by atomic mass is 10.1. The third-order valence-corrected chi connectivity index (χ3v) is 4.29. The van der Waals surface area contributed by atoms with E-state index in [2.05, 4.69) is 10.3 Å². The molecule has 0 saturated heterocycles. The highest BCUT2D eigenvalue weighted by Crippen LogP contribution is 2.28. The van der Waals surface area contributed by atoms with Crippen LogP contribution in [0.5, 0.6) is 5.75 Å². The predicted octanol–water partition coefficient (Wildman–Crippen LogP) is 2.55. The van der Waals surface area contributed by atoms with Crippen molar-refractivity contribution >= 4 is 21.9 Å². The summed E-state index contributed by atoms with van der Waals surface area (Å²) < 4.78 is 12.2. The van der Waals surface area contributed by atoms with Gasteiger partial charge in [0.1, 0.15) is 16.8 Å². The molecule has 7 heteroatoms. The van der Waals surface area contributed by atoms with Gasteiger partial charge in [-0.05, 0) is 43.7 Å². The van der Waals surface area contributed by atoms with E-state index in [0.29, 0.717) is 27.8 Å². The van der Waals surface area contributed by atoms with Gasteiger partial charge in [-0.3, -0.25) is 4.79 Å². The van der Waals surface area contributed by atoms with Crippen LogP contribution in [0.4, 0.5) is 0 Å². The van der Waals surface area contributed by atoms with Crippen molar-refractivity contribution in [3.63, 3.8) is 0 Å². The smallest absolute Gasteiger partial charge is 0.336 e. The second kappa shape index (κ2) is 6.11. The highest BCUT2D eigenvalue weighted by Gasteiger charge is 2.11. The zero-order chi connectivity index (χ0) is 18.3. The second-order valence-electron chi connectivity index (χ2n) is 6.00. The van der Waals surface area contributed by atoms with Gasteiger partial charge in [-0.1, -0.05) is 17.3 Å². The number of fused-ring (bicyclic) bond motifs is 2. The molecular weight excluding hydrogens is 334 g/mol. The van der Waals surface area contributed by atoms with Gasteiger partial charge >= 0.3 is 5.63 Å². The van der Waals surface area contributed by atoms with Gasteiger partial charge < -0.3 is 9.15 Å². The fraction of sp³-hybridized carbons (Fsp3) is 0.158. The number of hydrogen-bond donors (Lipinski definition) is 0. The molecule has 0 N–H and O–H groups in total. The molecule has 0 saturated carbocycles. The molecule has 0 atom stereocenters. The lowest BCUT2D eigenvalue weighted by Crippen LogP contribution is -2.26. The van der Waals surface area contributed by atoms with Crippen LogP contribution in [0.15, 0.2) is 56.5 Å². The summed E-state index contributed by atoms with van der Waals surface area (Å²) in [4.78, 5) is 24.1. The van der Waals surface area contributed by atoms with Gasteiger partial charge in [-0.25, -0.2) is 4.79 Å². The molecule has 4 aromatic rings. The minimum Gasteiger partial charge on any atom is -0.471 e. The van der Waals surface area contributed by atoms with Crippen molar-refractivity contribution in [2.75, 3.05) is 0 Å². The summed E-state index contributed by atoms with van der Waals surface area (Å²) in [5, 5.41) is 9.24. The van der Waals surface area contributed by atoms with Crippen molar-refractivity contribution in [1.29, 1.82) is 0 Å². The standard InChI is InChI=1S/C19H15N3O4/c1-11-9-17(23)26-18-12(2)16(8-7-13(11)18)25-10-22-19(24)14-5-3-4-6-15(14)20-21-22/h3-9H,10H2,1-2H3. The maximum atomic E-state index is 12.5. The average Bonchev–Trinajstić information content (AvgIpc) is 2.63. The molecule has 0 fully saturated rings. The Bertz CT molecular complexity index is 1260. The summed E-state index contributed by atoms with van der Waals surface area (Å²) in [5.74, 6) is 0.508. The maximum Gasteiger partial charge on any atom is 0.336 e. The van der Waals surface area contributed by atoms with Gasteiger partial charge in [-0.15, -0.1) is 5.10 Å². The van der Waals surface area contributed by atoms with Gasteiger partial charge in [0.05, 0.1) is 5.39 Å². The number of ether oxygens (including phenoxy) is 1. The fourth-order valence-electron chi connectivity index (χ4n) is 2.90. The van der Waals surface area contributed by atoms with E-state index in [4.69, 9.17) is 9.15 Å². The summed E-state index contributed by atoms with van der Waals surface area (Å²) in [5.41, 5.74) is 1.84. The Morgan fingerprint density at radius 1 is 1.08 bits per heavy atom. The van der Waals surface area contributed by atoms with Crippen LogP contribution in [-0.4, -0.2) is 15.0 Å². The Kier molecular flexibility index (Phi) is 3.76. The Morgan fingerprint density at radius 2 is 1.88 bits per heavy atom. The topological polar surface area (TPSA) is 87.2 Å². The molecule has 7 nitrogen and oxygen atoms in total. The summed E-state index contributed by atoms with van der Waals surface area (Å²) in [6, 6.07) is 12.1. The van der Waals surface area contributed by atoms with E-state index in [0.717, 1.165) is 15.6 Å². The summed E-state index contributed by atoms with van der Waals surface area (Å²) in [6.45, 7) is 3.55. The Hall–Kier alpha value is -3.48. The average molecular weight is 349 g/mol. The van der Waals surface area contributed by atoms with Crippen LogP contribution in [0.2, 0.25) is 0 Å². The van der Waals surface area contributed by atoms with Gasteiger partial charge in [-0.2, -0.15) is 4.68 Å². The van der Waals surface area contributed by atoms with Crippen LogP contribution in [0, 0.1) is 13.8 Å². The van der Waals surface area contributed by atoms with Crippen LogP contribution >= 0.6 is 0 Å². The molecule has 2 heterocycles. The zero-order valence-corrected chi connectivity index (χ0v) is 14.2. The monoisotopic (exact) mass is 349 g/mol. The van der Waals surface area contributed by atoms with Crippen molar-refractivity contribution in [3.8, 4) is 5.75 Å². The zero-order valence-electron chi connectivity index (χ0n) is 14.2. The van der Waals surface area contributed by atoms with Crippen LogP contribution in [0.3, 0.4) is 0 Å². The summed E-state index contributed by atoms with van der Waals surface area (Å²) >= 11 is 0. The minimum absolute atomic E-state index is 0.0982. The van der Waals surface area contributed by atoms with Crippen molar-refractivity contribution in [1.82, 2.24) is 15.0 Å². The first kappa shape index (κ1) is 16.0. The molecule has 26 heavy (non-hydrogen) atoms. The molecule has 0 radical (unpaired) electrons. The number of aromatic nitrogens is 3. The van der Waals surface area contributed by atoms with Crippen LogP contribution in [0.1, 0.15) is 11.1 Å². The van der Waals surface area contributed by atoms with Gasteiger partial charge in [0.25, 0.3) is 5.56 Å². The number of rotatable bonds is 3. The van der Waals surface area contributed by atoms with Crippen LogP contribution in [-0.2, 0) is 6.73 Å². The normalized spacial score (nSPS) is 11.2. The Morgan fingerprint density at radius 3 is 2.73 bits per heavy atom.